The Morgan fingerprint density at radius 1 is 1.22 bits per heavy atom. The average Bonchev–Trinajstić information content (AvgIpc) is 3.17. The normalized spacial score (nSPS) is 16.9. The van der Waals surface area contributed by atoms with Crippen LogP contribution in [0.2, 0.25) is 0 Å². The van der Waals surface area contributed by atoms with Gasteiger partial charge in [-0.15, -0.1) is 0 Å². The van der Waals surface area contributed by atoms with Gasteiger partial charge < -0.3 is 20.1 Å². The fourth-order valence-corrected chi connectivity index (χ4v) is 4.79. The Kier molecular flexibility index (Phi) is 9.55. The lowest BCUT2D eigenvalue weighted by atomic mass is 10.0. The Morgan fingerprint density at radius 3 is 2.67 bits per heavy atom. The van der Waals surface area contributed by atoms with Gasteiger partial charge in [-0.05, 0) is 45.7 Å². The van der Waals surface area contributed by atoms with Crippen molar-refractivity contribution in [1.82, 2.24) is 15.5 Å². The van der Waals surface area contributed by atoms with E-state index in [0.29, 0.717) is 16.7 Å². The van der Waals surface area contributed by atoms with Crippen LogP contribution in [-0.2, 0) is 22.7 Å². The fraction of sp³-hybridized carbons (Fsp3) is 0.304. The van der Waals surface area contributed by atoms with Gasteiger partial charge in [-0.2, -0.15) is 4.39 Å². The van der Waals surface area contributed by atoms with Crippen LogP contribution in [0.4, 0.5) is 19.3 Å². The van der Waals surface area contributed by atoms with Crippen molar-refractivity contribution in [2.24, 2.45) is 0 Å². The molecule has 3 N–H and O–H groups in total. The minimum atomic E-state index is -1.15. The van der Waals surface area contributed by atoms with Crippen LogP contribution in [0.15, 0.2) is 30.3 Å². The van der Waals surface area contributed by atoms with Gasteiger partial charge in [-0.3, -0.25) is 19.7 Å². The monoisotopic (exact) mass is 632 g/mol. The zero-order valence-electron chi connectivity index (χ0n) is 19.4. The molecule has 0 aliphatic carbocycles. The maximum atomic E-state index is 13.7. The molecule has 9 nitrogen and oxygen atoms in total. The summed E-state index contributed by atoms with van der Waals surface area (Å²) in [6.07, 6.45) is 0.443. The summed E-state index contributed by atoms with van der Waals surface area (Å²) in [6.45, 7) is 4.19. The first-order valence-corrected chi connectivity index (χ1v) is 15.1. The Hall–Kier alpha value is -2.86. The summed E-state index contributed by atoms with van der Waals surface area (Å²) < 4.78 is 32.5. The molecule has 4 rings (SSSR count). The molecule has 2 unspecified atom stereocenters. The summed E-state index contributed by atoms with van der Waals surface area (Å²) in [4.78, 5) is 50.0. The predicted octanol–water partition coefficient (Wildman–Crippen LogP) is 4.40. The summed E-state index contributed by atoms with van der Waals surface area (Å²) >= 11 is 1.86. The van der Waals surface area contributed by atoms with Gasteiger partial charge in [0.2, 0.25) is 17.6 Å². The molecule has 2 aromatic rings. The third-order valence-electron chi connectivity index (χ3n) is 5.44. The molecule has 2 aromatic carbocycles. The number of nitrogens with zero attached hydrogens (tertiary/aromatic N) is 1. The molecule has 1 fully saturated rings. The van der Waals surface area contributed by atoms with Crippen LogP contribution in [0.1, 0.15) is 48.2 Å². The van der Waals surface area contributed by atoms with Gasteiger partial charge >= 0.3 is 6.03 Å². The van der Waals surface area contributed by atoms with E-state index in [4.69, 9.17) is 4.52 Å². The number of rotatable bonds is 6. The molecule has 0 spiro atoms. The molecule has 0 saturated carbocycles. The predicted molar refractivity (Wildman–Crippen MR) is 139 cm³/mol. The lowest BCUT2D eigenvalue weighted by Crippen LogP contribution is -2.52. The van der Waals surface area contributed by atoms with Crippen LogP contribution in [0, 0.1) is 11.6 Å². The number of halogens is 3. The number of imide groups is 1. The number of urea groups is 1. The van der Waals surface area contributed by atoms with E-state index in [1.54, 1.807) is 18.2 Å². The first-order valence-electron chi connectivity index (χ1n) is 11.1. The van der Waals surface area contributed by atoms with Gasteiger partial charge in [0.15, 0.2) is 11.6 Å². The Balaban J connectivity index is 0.00000176. The molecule has 0 radical (unpaired) electrons. The second-order valence-electron chi connectivity index (χ2n) is 7.65. The molecule has 0 bridgehead atoms. The van der Waals surface area contributed by atoms with E-state index in [9.17, 15) is 28.0 Å². The molecular weight excluding hydrogens is 608 g/mol. The van der Waals surface area contributed by atoms with E-state index >= 15 is 0 Å². The van der Waals surface area contributed by atoms with E-state index in [1.165, 1.54) is 11.0 Å². The molecule has 192 valence electrons. The van der Waals surface area contributed by atoms with Gasteiger partial charge in [-0.1, -0.05) is 26.0 Å². The number of hydrogen-bond donors (Lipinski definition) is 3. The van der Waals surface area contributed by atoms with E-state index in [0.717, 1.165) is 6.07 Å². The number of nitrogens with one attached hydrogen (secondary N) is 3. The van der Waals surface area contributed by atoms with Crippen LogP contribution in [0.5, 0.6) is 5.75 Å². The topological polar surface area (TPSA) is 117 Å². The molecule has 2 aliphatic heterocycles. The molecule has 1 saturated heterocycles. The van der Waals surface area contributed by atoms with Crippen LogP contribution in [0.25, 0.3) is 0 Å². The first-order chi connectivity index (χ1) is 17.3. The van der Waals surface area contributed by atoms with E-state index in [-0.39, 0.29) is 55.6 Å². The van der Waals surface area contributed by atoms with Gasteiger partial charge in [0.1, 0.15) is 12.5 Å². The van der Waals surface area contributed by atoms with Crippen molar-refractivity contribution in [2.75, 3.05) is 5.32 Å². The largest absolute Gasteiger partial charge is 0.463 e. The standard InChI is InChI=1S/C21H18F2IN4O5P.C2H6/c22-14-6-12(7-16(18(14)23)33-34-24)26-21(32)25-8-10-1-2-13-11(5-10)9-28(20(13)31)15-3-4-17(29)27-19(15)30;1-2/h1-2,5-7,15,34H,3-4,8-9H2,(H2,25,26,32)(H,27,29,30);1-2H3. The second-order valence-corrected chi connectivity index (χ2v) is 9.33. The Bertz CT molecular complexity index is 1200. The highest BCUT2D eigenvalue weighted by molar-refractivity contribution is 14.2. The minimum Gasteiger partial charge on any atom is -0.463 e. The third kappa shape index (κ3) is 6.28. The number of fused-ring (bicyclic) bond motifs is 1. The highest BCUT2D eigenvalue weighted by Crippen LogP contribution is 2.32. The van der Waals surface area contributed by atoms with E-state index in [2.05, 4.69) is 16.0 Å². The average molecular weight is 632 g/mol. The summed E-state index contributed by atoms with van der Waals surface area (Å²) in [6, 6.07) is 5.75. The highest BCUT2D eigenvalue weighted by atomic mass is 127. The van der Waals surface area contributed by atoms with Crippen molar-refractivity contribution >= 4 is 57.9 Å². The Morgan fingerprint density at radius 2 is 1.97 bits per heavy atom. The van der Waals surface area contributed by atoms with Crippen molar-refractivity contribution in [3.05, 3.63) is 58.7 Å². The summed E-state index contributed by atoms with van der Waals surface area (Å²) in [7, 11) is 0. The number of benzene rings is 2. The van der Waals surface area contributed by atoms with Crippen LogP contribution in [0.3, 0.4) is 0 Å². The summed E-state index contributed by atoms with van der Waals surface area (Å²) in [5.74, 6) is -3.70. The third-order valence-corrected chi connectivity index (χ3v) is 6.40. The lowest BCUT2D eigenvalue weighted by molar-refractivity contribution is -0.136. The zero-order chi connectivity index (χ0) is 26.4. The lowest BCUT2D eigenvalue weighted by Gasteiger charge is -2.29. The van der Waals surface area contributed by atoms with Gasteiger partial charge in [-0.25, -0.2) is 9.18 Å². The number of amides is 5. The maximum absolute atomic E-state index is 13.7. The van der Waals surface area contributed by atoms with E-state index < -0.39 is 29.6 Å². The van der Waals surface area contributed by atoms with Crippen LogP contribution < -0.4 is 20.5 Å². The van der Waals surface area contributed by atoms with Crippen molar-refractivity contribution < 1.29 is 32.5 Å². The zero-order valence-corrected chi connectivity index (χ0v) is 22.6. The SMILES string of the molecule is CC.O=C1CCC(N2Cc3cc(CNC(=O)Nc4cc(F)c(F)c(OPI)c4)ccc3C2=O)C(=O)N1. The van der Waals surface area contributed by atoms with Gasteiger partial charge in [0.25, 0.3) is 5.91 Å². The number of anilines is 1. The van der Waals surface area contributed by atoms with Crippen molar-refractivity contribution in [3.8, 4) is 5.75 Å². The van der Waals surface area contributed by atoms with Gasteiger partial charge in [0, 0.05) is 42.9 Å². The molecule has 0 aromatic heterocycles. The Labute approximate surface area is 221 Å². The van der Waals surface area contributed by atoms with Gasteiger partial charge in [0.05, 0.1) is 0 Å². The summed E-state index contributed by atoms with van der Waals surface area (Å²) in [5.41, 5.74) is 1.90. The molecule has 13 heteroatoms. The minimum absolute atomic E-state index is 0.0282. The smallest absolute Gasteiger partial charge is 0.319 e. The first kappa shape index (κ1) is 27.7. The quantitative estimate of drug-likeness (QED) is 0.248. The molecule has 36 heavy (non-hydrogen) atoms. The van der Waals surface area contributed by atoms with E-state index in [1.807, 2.05) is 35.9 Å². The van der Waals surface area contributed by atoms with Crippen LogP contribution >= 0.6 is 28.5 Å². The fourth-order valence-electron chi connectivity index (χ4n) is 3.85. The molecule has 2 heterocycles. The number of piperidine rings is 1. The highest BCUT2D eigenvalue weighted by Gasteiger charge is 2.39. The number of carbonyl (C=O) groups excluding carboxylic acids is 4. The van der Waals surface area contributed by atoms with Crippen molar-refractivity contribution in [1.29, 1.82) is 0 Å². The molecule has 2 aliphatic rings. The summed E-state index contributed by atoms with van der Waals surface area (Å²) in [5, 5.41) is 7.30. The molecular formula is C23H24F2IN4O5P. The van der Waals surface area contributed by atoms with Crippen LogP contribution in [-0.4, -0.2) is 34.7 Å². The second kappa shape index (κ2) is 12.4. The molecule has 5 amide bonds. The molecule has 2 atom stereocenters. The number of carbonyl (C=O) groups is 4. The van der Waals surface area contributed by atoms with Crippen molar-refractivity contribution in [2.45, 2.75) is 45.8 Å². The maximum Gasteiger partial charge on any atom is 0.319 e. The number of hydrogen-bond acceptors (Lipinski definition) is 5. The van der Waals surface area contributed by atoms with Crippen molar-refractivity contribution in [3.63, 3.8) is 0 Å².